The second-order valence-electron chi connectivity index (χ2n) is 15.3. The van der Waals surface area contributed by atoms with Crippen molar-refractivity contribution in [2.75, 3.05) is 0 Å². The third kappa shape index (κ3) is 12.2. The van der Waals surface area contributed by atoms with Gasteiger partial charge in [0.1, 0.15) is 0 Å². The maximum atomic E-state index is 5.74. The molecule has 0 saturated heterocycles. The van der Waals surface area contributed by atoms with Gasteiger partial charge in [0.2, 0.25) is 5.69 Å². The van der Waals surface area contributed by atoms with Crippen molar-refractivity contribution in [3.05, 3.63) is 75.7 Å². The number of allylic oxidation sites excluding steroid dienone is 2. The summed E-state index contributed by atoms with van der Waals surface area (Å²) < 4.78 is 0. The summed E-state index contributed by atoms with van der Waals surface area (Å²) in [6, 6.07) is 14.0. The zero-order valence-electron chi connectivity index (χ0n) is 33.0. The molecule has 260 valence electrons. The minimum Gasteiger partial charge on any atom is -1.00 e. The number of hydrogen-bond donors (Lipinski definition) is 1. The monoisotopic (exact) mass is 765 g/mol. The Bertz CT molecular complexity index is 1190. The molecule has 0 bridgehead atoms. The second kappa shape index (κ2) is 21.4. The quantitative estimate of drug-likeness (QED) is 0.100. The molecule has 0 aliphatic heterocycles. The van der Waals surface area contributed by atoms with Gasteiger partial charge in [-0.15, -0.1) is 11.4 Å². The Morgan fingerprint density at radius 3 is 1.19 bits per heavy atom. The first-order valence-corrected chi connectivity index (χ1v) is 18.6. The Labute approximate surface area is 325 Å². The third-order valence-corrected chi connectivity index (χ3v) is 10.3. The maximum absolute atomic E-state index is 5.74. The van der Waals surface area contributed by atoms with E-state index in [-0.39, 0.29) is 57.9 Å². The average molecular weight is 766 g/mol. The first-order chi connectivity index (χ1) is 21.2. The fourth-order valence-electron chi connectivity index (χ4n) is 6.94. The van der Waals surface area contributed by atoms with E-state index in [0.29, 0.717) is 23.7 Å². The van der Waals surface area contributed by atoms with Crippen LogP contribution in [0.3, 0.4) is 0 Å². The molecule has 2 aromatic rings. The van der Waals surface area contributed by atoms with E-state index in [4.69, 9.17) is 5.32 Å². The third-order valence-electron chi connectivity index (χ3n) is 10.3. The summed E-state index contributed by atoms with van der Waals surface area (Å²) in [5, 5.41) is 5.74. The van der Waals surface area contributed by atoms with Gasteiger partial charge in [0.15, 0.2) is 5.71 Å². The maximum Gasteiger partial charge on any atom is 2.00 e. The SMILES string of the molecule is CCC(CC)c1cccc(C(CC)CC)c1[N-]/C(=C\C(=[NH+]c1c(C(CC)CC)cccc1C(CC)CC)C(C)(C)C)C(C)(C)C.[I-].[Mg+2]. The Morgan fingerprint density at radius 2 is 0.894 bits per heavy atom. The van der Waals surface area contributed by atoms with Crippen LogP contribution in [0.15, 0.2) is 48.2 Å². The average Bonchev–Trinajstić information content (AvgIpc) is 2.99. The van der Waals surface area contributed by atoms with E-state index in [2.05, 4.69) is 144 Å². The van der Waals surface area contributed by atoms with Gasteiger partial charge < -0.3 is 29.3 Å². The van der Waals surface area contributed by atoms with Crippen LogP contribution in [0.25, 0.3) is 5.32 Å². The van der Waals surface area contributed by atoms with Crippen molar-refractivity contribution < 1.29 is 29.0 Å². The molecule has 0 fully saturated rings. The minimum absolute atomic E-state index is 0. The molecule has 2 nitrogen and oxygen atoms in total. The molecule has 2 rings (SSSR count). The smallest absolute Gasteiger partial charge is 1.00 e. The van der Waals surface area contributed by atoms with Crippen LogP contribution in [0.1, 0.15) is 194 Å². The van der Waals surface area contributed by atoms with Crippen LogP contribution >= 0.6 is 0 Å². The van der Waals surface area contributed by atoms with Gasteiger partial charge in [-0.2, -0.15) is 0 Å². The Balaban J connectivity index is 0.0000106. The number of benzene rings is 2. The number of nitrogens with zero attached hydrogens (tertiary/aromatic N) is 1. The topological polar surface area (TPSA) is 28.1 Å². The molecule has 0 amide bonds. The van der Waals surface area contributed by atoms with Gasteiger partial charge in [-0.3, -0.25) is 0 Å². The van der Waals surface area contributed by atoms with E-state index in [0.717, 1.165) is 57.1 Å². The first-order valence-electron chi connectivity index (χ1n) is 18.6. The molecule has 1 N–H and O–H groups in total. The summed E-state index contributed by atoms with van der Waals surface area (Å²) in [4.78, 5) is 4.14. The van der Waals surface area contributed by atoms with Crippen LogP contribution in [0.4, 0.5) is 11.4 Å². The molecule has 0 aliphatic rings. The van der Waals surface area contributed by atoms with Crippen LogP contribution in [-0.4, -0.2) is 28.8 Å². The summed E-state index contributed by atoms with van der Waals surface area (Å²) in [5.41, 5.74) is 10.5. The molecule has 0 heterocycles. The van der Waals surface area contributed by atoms with Crippen LogP contribution in [-0.2, 0) is 0 Å². The van der Waals surface area contributed by atoms with Crippen LogP contribution in [0.2, 0.25) is 0 Å². The van der Waals surface area contributed by atoms with Crippen molar-refractivity contribution >= 4 is 40.1 Å². The van der Waals surface area contributed by atoms with Gasteiger partial charge in [0.25, 0.3) is 0 Å². The molecule has 0 saturated carbocycles. The van der Waals surface area contributed by atoms with Crippen molar-refractivity contribution in [3.8, 4) is 0 Å². The Kier molecular flexibility index (Phi) is 21.0. The summed E-state index contributed by atoms with van der Waals surface area (Å²) >= 11 is 0. The molecular formula is C43H70IMgN2+. The molecule has 0 atom stereocenters. The van der Waals surface area contributed by atoms with E-state index in [1.807, 2.05) is 0 Å². The van der Waals surface area contributed by atoms with E-state index in [1.54, 1.807) is 0 Å². The van der Waals surface area contributed by atoms with E-state index < -0.39 is 0 Å². The van der Waals surface area contributed by atoms with Crippen LogP contribution in [0.5, 0.6) is 0 Å². The van der Waals surface area contributed by atoms with Gasteiger partial charge in [0.05, 0.1) is 0 Å². The number of para-hydroxylation sites is 2. The largest absolute Gasteiger partial charge is 2.00 e. The predicted octanol–water partition coefficient (Wildman–Crippen LogP) is 9.76. The van der Waals surface area contributed by atoms with Crippen molar-refractivity contribution in [2.45, 2.75) is 172 Å². The van der Waals surface area contributed by atoms with Crippen molar-refractivity contribution in [3.63, 3.8) is 0 Å². The van der Waals surface area contributed by atoms with E-state index in [1.165, 1.54) is 39.3 Å². The molecule has 47 heavy (non-hydrogen) atoms. The first kappa shape index (κ1) is 46.1. The Hall–Kier alpha value is -0.854. The minimum atomic E-state index is -0.127. The van der Waals surface area contributed by atoms with Gasteiger partial charge in [-0.1, -0.05) is 144 Å². The van der Waals surface area contributed by atoms with Gasteiger partial charge in [-0.05, 0) is 86.5 Å². The summed E-state index contributed by atoms with van der Waals surface area (Å²) in [6.07, 6.45) is 11.5. The molecule has 0 unspecified atom stereocenters. The van der Waals surface area contributed by atoms with Crippen molar-refractivity contribution in [1.82, 2.24) is 0 Å². The summed E-state index contributed by atoms with van der Waals surface area (Å²) in [7, 11) is 0. The molecule has 2 aromatic carbocycles. The zero-order valence-corrected chi connectivity index (χ0v) is 36.6. The second-order valence-corrected chi connectivity index (χ2v) is 15.3. The van der Waals surface area contributed by atoms with Crippen molar-refractivity contribution in [2.24, 2.45) is 10.8 Å². The number of nitrogens with one attached hydrogen (secondary N) is 1. The fraction of sp³-hybridized carbons (Fsp3) is 0.651. The molecule has 4 heteroatoms. The standard InChI is InChI=1S/C43H69N2.HI.Mg/c1-15-30(16-2)34-25-23-26-35(31(17-3)18-4)40(34)44-38(42(9,10)11)29-39(43(12,13)14)45-41-36(32(19-5)20-6)27-24-28-37(41)33(21-7)22-8;;/h23-33H,15-22H2,1-14H3;1H;/q-1;;+2/b38-29-,45-39?;;. The predicted molar refractivity (Wildman–Crippen MR) is 208 cm³/mol. The van der Waals surface area contributed by atoms with Crippen molar-refractivity contribution in [1.29, 1.82) is 0 Å². The Morgan fingerprint density at radius 1 is 0.574 bits per heavy atom. The fourth-order valence-corrected chi connectivity index (χ4v) is 6.94. The van der Waals surface area contributed by atoms with Crippen LogP contribution in [0, 0.1) is 10.8 Å². The molecule has 0 radical (unpaired) electrons. The molecular weight excluding hydrogens is 696 g/mol. The summed E-state index contributed by atoms with van der Waals surface area (Å²) in [6.45, 7) is 32.7. The van der Waals surface area contributed by atoms with Crippen LogP contribution < -0.4 is 29.0 Å². The number of rotatable bonds is 16. The van der Waals surface area contributed by atoms with Gasteiger partial charge in [0, 0.05) is 16.5 Å². The number of halogens is 1. The molecule has 0 aliphatic carbocycles. The van der Waals surface area contributed by atoms with E-state index in [9.17, 15) is 0 Å². The summed E-state index contributed by atoms with van der Waals surface area (Å²) in [5.74, 6) is 2.09. The van der Waals surface area contributed by atoms with Gasteiger partial charge in [-0.25, -0.2) is 4.99 Å². The van der Waals surface area contributed by atoms with Gasteiger partial charge >= 0.3 is 23.1 Å². The zero-order chi connectivity index (χ0) is 33.9. The number of hydrogen-bond acceptors (Lipinski definition) is 0. The normalized spacial score (nSPS) is 13.0. The van der Waals surface area contributed by atoms with E-state index >= 15 is 0 Å². The molecule has 0 spiro atoms. The molecule has 0 aromatic heterocycles.